The highest BCUT2D eigenvalue weighted by atomic mass is 15.3. The lowest BCUT2D eigenvalue weighted by atomic mass is 9.84. The van der Waals surface area contributed by atoms with E-state index in [0.29, 0.717) is 6.54 Å². The molecule has 6 heteroatoms. The van der Waals surface area contributed by atoms with Gasteiger partial charge in [0.2, 0.25) is 0 Å². The highest BCUT2D eigenvalue weighted by molar-refractivity contribution is 5.79. The second-order valence-corrected chi connectivity index (χ2v) is 7.72. The third-order valence-electron chi connectivity index (χ3n) is 5.14. The van der Waals surface area contributed by atoms with Gasteiger partial charge < -0.3 is 10.6 Å². The summed E-state index contributed by atoms with van der Waals surface area (Å²) in [5.41, 5.74) is 4.85. The van der Waals surface area contributed by atoms with Gasteiger partial charge in [-0.25, -0.2) is 9.67 Å². The van der Waals surface area contributed by atoms with Gasteiger partial charge in [-0.1, -0.05) is 57.2 Å². The quantitative estimate of drug-likeness (QED) is 0.479. The fourth-order valence-corrected chi connectivity index (χ4v) is 3.11. The van der Waals surface area contributed by atoms with Gasteiger partial charge in [-0.3, -0.25) is 4.99 Å². The molecule has 0 radical (unpaired) electrons. The molecule has 3 aromatic rings. The Hall–Kier alpha value is -3.15. The molecule has 0 spiro atoms. The number of benzene rings is 2. The number of guanidine groups is 1. The minimum atomic E-state index is 0.00331. The smallest absolute Gasteiger partial charge is 0.191 e. The first-order valence-electron chi connectivity index (χ1n) is 9.99. The van der Waals surface area contributed by atoms with Crippen LogP contribution in [0.2, 0.25) is 0 Å². The van der Waals surface area contributed by atoms with Crippen LogP contribution in [0.4, 0.5) is 0 Å². The molecule has 1 heterocycles. The van der Waals surface area contributed by atoms with Crippen LogP contribution in [0, 0.1) is 0 Å². The maximum Gasteiger partial charge on any atom is 0.191 e. The summed E-state index contributed by atoms with van der Waals surface area (Å²) in [6.07, 6.45) is 4.29. The molecule has 0 aliphatic carbocycles. The summed E-state index contributed by atoms with van der Waals surface area (Å²) >= 11 is 0. The van der Waals surface area contributed by atoms with E-state index < -0.39 is 0 Å². The molecule has 0 amide bonds. The Morgan fingerprint density at radius 2 is 1.69 bits per heavy atom. The molecule has 1 aromatic heterocycles. The first-order chi connectivity index (χ1) is 14.0. The molecular weight excluding hydrogens is 360 g/mol. The van der Waals surface area contributed by atoms with Crippen LogP contribution in [-0.2, 0) is 18.4 Å². The average Bonchev–Trinajstić information content (AvgIpc) is 3.29. The first-order valence-corrected chi connectivity index (χ1v) is 9.99. The lowest BCUT2D eigenvalue weighted by Gasteiger charge is -2.27. The van der Waals surface area contributed by atoms with E-state index in [-0.39, 0.29) is 5.41 Å². The number of nitrogens with one attached hydrogen (secondary N) is 2. The second-order valence-electron chi connectivity index (χ2n) is 7.72. The maximum atomic E-state index is 4.36. The molecule has 0 bridgehead atoms. The molecule has 2 aromatic carbocycles. The standard InChI is InChI=1S/C23H30N6/c1-5-18-6-10-20(11-7-18)23(2,3)15-27-22(24-4)26-14-19-8-12-21(13-9-19)29-17-25-16-28-29/h6-13,16-17H,5,14-15H2,1-4H3,(H2,24,26,27). The minimum absolute atomic E-state index is 0.00331. The number of aromatic nitrogens is 3. The molecule has 0 aliphatic heterocycles. The molecular formula is C23H30N6. The van der Waals surface area contributed by atoms with Gasteiger partial charge in [0.1, 0.15) is 12.7 Å². The van der Waals surface area contributed by atoms with Gasteiger partial charge in [-0.2, -0.15) is 5.10 Å². The van der Waals surface area contributed by atoms with E-state index in [9.17, 15) is 0 Å². The van der Waals surface area contributed by atoms with Crippen molar-refractivity contribution < 1.29 is 0 Å². The predicted molar refractivity (Wildman–Crippen MR) is 118 cm³/mol. The van der Waals surface area contributed by atoms with Crippen molar-refractivity contribution >= 4 is 5.96 Å². The van der Waals surface area contributed by atoms with Gasteiger partial charge in [0.15, 0.2) is 5.96 Å². The van der Waals surface area contributed by atoms with E-state index in [1.165, 1.54) is 23.0 Å². The molecule has 0 saturated heterocycles. The summed E-state index contributed by atoms with van der Waals surface area (Å²) < 4.78 is 1.74. The molecule has 0 unspecified atom stereocenters. The average molecular weight is 391 g/mol. The van der Waals surface area contributed by atoms with Crippen molar-refractivity contribution in [3.8, 4) is 5.69 Å². The Balaban J connectivity index is 1.53. The molecule has 0 aliphatic rings. The Morgan fingerprint density at radius 1 is 1.00 bits per heavy atom. The van der Waals surface area contributed by atoms with Crippen LogP contribution in [0.1, 0.15) is 37.5 Å². The van der Waals surface area contributed by atoms with Crippen molar-refractivity contribution in [2.75, 3.05) is 13.6 Å². The van der Waals surface area contributed by atoms with Crippen LogP contribution in [0.5, 0.6) is 0 Å². The number of hydrogen-bond donors (Lipinski definition) is 2. The topological polar surface area (TPSA) is 67.1 Å². The number of aliphatic imine (C=N–C) groups is 1. The zero-order valence-corrected chi connectivity index (χ0v) is 17.7. The third-order valence-corrected chi connectivity index (χ3v) is 5.14. The van der Waals surface area contributed by atoms with Crippen molar-refractivity contribution in [1.29, 1.82) is 0 Å². The van der Waals surface area contributed by atoms with Crippen molar-refractivity contribution in [3.05, 3.63) is 77.9 Å². The summed E-state index contributed by atoms with van der Waals surface area (Å²) in [6, 6.07) is 17.1. The first kappa shape index (κ1) is 20.6. The van der Waals surface area contributed by atoms with Crippen LogP contribution < -0.4 is 10.6 Å². The van der Waals surface area contributed by atoms with E-state index in [2.05, 4.69) is 82.9 Å². The van der Waals surface area contributed by atoms with Crippen LogP contribution in [0.25, 0.3) is 5.69 Å². The van der Waals surface area contributed by atoms with Gasteiger partial charge >= 0.3 is 0 Å². The Bertz CT molecular complexity index is 909. The number of hydrogen-bond acceptors (Lipinski definition) is 3. The Kier molecular flexibility index (Phi) is 6.65. The lowest BCUT2D eigenvalue weighted by molar-refractivity contribution is 0.508. The summed E-state index contributed by atoms with van der Waals surface area (Å²) in [7, 11) is 1.80. The summed E-state index contributed by atoms with van der Waals surface area (Å²) in [5, 5.41) is 11.0. The normalized spacial score (nSPS) is 12.1. The van der Waals surface area contributed by atoms with E-state index >= 15 is 0 Å². The fourth-order valence-electron chi connectivity index (χ4n) is 3.11. The molecule has 0 saturated carbocycles. The highest BCUT2D eigenvalue weighted by Crippen LogP contribution is 2.22. The molecule has 3 rings (SSSR count). The number of nitrogens with zero attached hydrogens (tertiary/aromatic N) is 4. The molecule has 2 N–H and O–H groups in total. The van der Waals surface area contributed by atoms with Gasteiger partial charge in [0.25, 0.3) is 0 Å². The van der Waals surface area contributed by atoms with E-state index in [4.69, 9.17) is 0 Å². The largest absolute Gasteiger partial charge is 0.356 e. The third kappa shape index (κ3) is 5.44. The predicted octanol–water partition coefficient (Wildman–Crippen LogP) is 3.47. The zero-order valence-electron chi connectivity index (χ0n) is 17.7. The maximum absolute atomic E-state index is 4.36. The van der Waals surface area contributed by atoms with Crippen molar-refractivity contribution in [3.63, 3.8) is 0 Å². The SMILES string of the molecule is CCc1ccc(C(C)(C)CNC(=NC)NCc2ccc(-n3cncn3)cc2)cc1. The van der Waals surface area contributed by atoms with Crippen LogP contribution >= 0.6 is 0 Å². The van der Waals surface area contributed by atoms with Crippen molar-refractivity contribution in [2.45, 2.75) is 39.2 Å². The summed E-state index contributed by atoms with van der Waals surface area (Å²) in [4.78, 5) is 8.34. The van der Waals surface area contributed by atoms with Crippen LogP contribution in [0.15, 0.2) is 66.2 Å². The molecule has 152 valence electrons. The zero-order chi connectivity index (χ0) is 20.7. The van der Waals surface area contributed by atoms with E-state index in [1.54, 1.807) is 18.1 Å². The number of aryl methyl sites for hydroxylation is 1. The van der Waals surface area contributed by atoms with Gasteiger partial charge in [-0.05, 0) is 35.2 Å². The summed E-state index contributed by atoms with van der Waals surface area (Å²) in [5.74, 6) is 0.795. The Labute approximate surface area is 173 Å². The fraction of sp³-hybridized carbons (Fsp3) is 0.348. The Morgan fingerprint density at radius 3 is 2.28 bits per heavy atom. The lowest BCUT2D eigenvalue weighted by Crippen LogP contribution is -2.43. The molecule has 6 nitrogen and oxygen atoms in total. The van der Waals surface area contributed by atoms with E-state index in [0.717, 1.165) is 24.6 Å². The molecule has 29 heavy (non-hydrogen) atoms. The number of rotatable bonds is 7. The van der Waals surface area contributed by atoms with E-state index in [1.807, 2.05) is 12.1 Å². The summed E-state index contributed by atoms with van der Waals surface area (Å²) in [6.45, 7) is 8.17. The van der Waals surface area contributed by atoms with Crippen LogP contribution in [-0.4, -0.2) is 34.3 Å². The monoisotopic (exact) mass is 390 g/mol. The van der Waals surface area contributed by atoms with Gasteiger partial charge in [-0.15, -0.1) is 0 Å². The minimum Gasteiger partial charge on any atom is -0.356 e. The van der Waals surface area contributed by atoms with Gasteiger partial charge in [0, 0.05) is 25.6 Å². The van der Waals surface area contributed by atoms with Crippen molar-refractivity contribution in [2.24, 2.45) is 4.99 Å². The van der Waals surface area contributed by atoms with Gasteiger partial charge in [0.05, 0.1) is 5.69 Å². The molecule has 0 atom stereocenters. The highest BCUT2D eigenvalue weighted by Gasteiger charge is 2.20. The van der Waals surface area contributed by atoms with Crippen molar-refractivity contribution in [1.82, 2.24) is 25.4 Å². The second kappa shape index (κ2) is 9.37. The van der Waals surface area contributed by atoms with Crippen LogP contribution in [0.3, 0.4) is 0 Å². The molecule has 0 fully saturated rings.